The Kier molecular flexibility index (Phi) is 4.67. The molecule has 1 aliphatic rings. The van der Waals surface area contributed by atoms with Crippen LogP contribution in [0.4, 0.5) is 0 Å². The fourth-order valence-electron chi connectivity index (χ4n) is 1.71. The number of hydrogen-bond donors (Lipinski definition) is 0. The van der Waals surface area contributed by atoms with E-state index < -0.39 is 0 Å². The van der Waals surface area contributed by atoms with Gasteiger partial charge in [-0.05, 0) is 12.0 Å². The molecule has 1 fully saturated rings. The van der Waals surface area contributed by atoms with Crippen LogP contribution in [-0.4, -0.2) is 30.7 Å². The number of carbonyl (C=O) groups excluding carboxylic acids is 1. The zero-order valence-electron chi connectivity index (χ0n) is 9.80. The first-order valence-corrected chi connectivity index (χ1v) is 5.86. The van der Waals surface area contributed by atoms with Gasteiger partial charge in [-0.3, -0.25) is 9.63 Å². The lowest BCUT2D eigenvalue weighted by atomic mass is 10.2. The molecule has 0 N–H and O–H groups in total. The van der Waals surface area contributed by atoms with Crippen LogP contribution in [0.5, 0.6) is 0 Å². The van der Waals surface area contributed by atoms with Gasteiger partial charge >= 0.3 is 0 Å². The zero-order valence-corrected chi connectivity index (χ0v) is 9.80. The minimum atomic E-state index is 0.214. The van der Waals surface area contributed by atoms with Gasteiger partial charge in [0.05, 0.1) is 19.8 Å². The van der Waals surface area contributed by atoms with E-state index in [1.165, 1.54) is 0 Å². The summed E-state index contributed by atoms with van der Waals surface area (Å²) in [5.41, 5.74) is 1.12. The maximum atomic E-state index is 11.3. The van der Waals surface area contributed by atoms with Crippen molar-refractivity contribution in [3.63, 3.8) is 0 Å². The highest BCUT2D eigenvalue weighted by molar-refractivity contribution is 5.80. The van der Waals surface area contributed by atoms with Crippen molar-refractivity contribution in [3.05, 3.63) is 35.9 Å². The molecule has 1 heterocycles. The highest BCUT2D eigenvalue weighted by Crippen LogP contribution is 2.06. The molecule has 0 radical (unpaired) electrons. The van der Waals surface area contributed by atoms with E-state index >= 15 is 0 Å². The van der Waals surface area contributed by atoms with Gasteiger partial charge in [0.15, 0.2) is 0 Å². The highest BCUT2D eigenvalue weighted by Gasteiger charge is 2.15. The summed E-state index contributed by atoms with van der Waals surface area (Å²) in [4.78, 5) is 16.7. The number of hydrogen-bond acceptors (Lipinski definition) is 4. The fraction of sp³-hybridized carbons (Fsp3) is 0.462. The molecule has 0 spiro atoms. The van der Waals surface area contributed by atoms with E-state index in [0.717, 1.165) is 12.0 Å². The van der Waals surface area contributed by atoms with Crippen LogP contribution >= 0.6 is 0 Å². The molecule has 2 rings (SSSR count). The number of Topliss-reactive ketones (excluding diaryl/α,β-unsaturated/α-hetero) is 1. The van der Waals surface area contributed by atoms with Crippen molar-refractivity contribution in [2.45, 2.75) is 19.4 Å². The van der Waals surface area contributed by atoms with Crippen molar-refractivity contribution in [1.82, 2.24) is 5.06 Å². The first-order chi connectivity index (χ1) is 8.34. The summed E-state index contributed by atoms with van der Waals surface area (Å²) in [5.74, 6) is 0.214. The normalized spacial score (nSPS) is 18.0. The molecule has 17 heavy (non-hydrogen) atoms. The molecule has 4 nitrogen and oxygen atoms in total. The van der Waals surface area contributed by atoms with E-state index in [4.69, 9.17) is 9.57 Å². The molecule has 1 aromatic rings. The average molecular weight is 235 g/mol. The average Bonchev–Trinajstić information content (AvgIpc) is 2.55. The number of ether oxygens (including phenoxy) is 1. The molecule has 1 saturated heterocycles. The van der Waals surface area contributed by atoms with Crippen LogP contribution in [-0.2, 0) is 21.0 Å². The molecular formula is C13H17NO3. The first-order valence-electron chi connectivity index (χ1n) is 5.86. The van der Waals surface area contributed by atoms with Gasteiger partial charge in [-0.25, -0.2) is 0 Å². The number of carbonyl (C=O) groups is 1. The van der Waals surface area contributed by atoms with Crippen LogP contribution in [0.15, 0.2) is 30.3 Å². The van der Waals surface area contributed by atoms with E-state index in [1.807, 2.05) is 30.3 Å². The van der Waals surface area contributed by atoms with E-state index in [2.05, 4.69) is 0 Å². The summed E-state index contributed by atoms with van der Waals surface area (Å²) in [7, 11) is 0. The van der Waals surface area contributed by atoms with Crippen molar-refractivity contribution < 1.29 is 14.4 Å². The van der Waals surface area contributed by atoms with Gasteiger partial charge in [-0.15, -0.1) is 0 Å². The third kappa shape index (κ3) is 4.26. The molecule has 0 unspecified atom stereocenters. The van der Waals surface area contributed by atoms with Crippen LogP contribution in [0.1, 0.15) is 18.4 Å². The van der Waals surface area contributed by atoms with Gasteiger partial charge in [0.1, 0.15) is 12.5 Å². The molecule has 1 aliphatic heterocycles. The van der Waals surface area contributed by atoms with Crippen molar-refractivity contribution in [2.75, 3.05) is 19.9 Å². The topological polar surface area (TPSA) is 38.8 Å². The molecule has 1 aromatic carbocycles. The molecule has 92 valence electrons. The van der Waals surface area contributed by atoms with E-state index in [0.29, 0.717) is 32.9 Å². The van der Waals surface area contributed by atoms with Crippen LogP contribution in [0.2, 0.25) is 0 Å². The zero-order chi connectivity index (χ0) is 11.9. The predicted octanol–water partition coefficient (Wildman–Crippen LogP) is 1.76. The Balaban J connectivity index is 1.72. The van der Waals surface area contributed by atoms with Crippen molar-refractivity contribution in [1.29, 1.82) is 0 Å². The highest BCUT2D eigenvalue weighted by atomic mass is 16.7. The summed E-state index contributed by atoms with van der Waals surface area (Å²) in [6.45, 7) is 1.80. The summed E-state index contributed by atoms with van der Waals surface area (Å²) in [5, 5.41) is 1.60. The van der Waals surface area contributed by atoms with Crippen LogP contribution in [0.25, 0.3) is 0 Å². The Morgan fingerprint density at radius 1 is 1.29 bits per heavy atom. The molecule has 0 atom stereocenters. The van der Waals surface area contributed by atoms with Crippen LogP contribution in [0.3, 0.4) is 0 Å². The van der Waals surface area contributed by atoms with Crippen LogP contribution in [0, 0.1) is 0 Å². The minimum absolute atomic E-state index is 0.214. The molecular weight excluding hydrogens is 218 g/mol. The van der Waals surface area contributed by atoms with Gasteiger partial charge in [0.2, 0.25) is 0 Å². The lowest BCUT2D eigenvalue weighted by molar-refractivity contribution is -0.204. The van der Waals surface area contributed by atoms with Crippen molar-refractivity contribution >= 4 is 5.78 Å². The quantitative estimate of drug-likeness (QED) is 0.797. The number of hydroxylamine groups is 2. The lowest BCUT2D eigenvalue weighted by Crippen LogP contribution is -2.30. The number of benzene rings is 1. The Labute approximate surface area is 101 Å². The molecule has 0 aromatic heterocycles. The number of nitrogens with zero attached hydrogens (tertiary/aromatic N) is 1. The molecule has 0 bridgehead atoms. The maximum Gasteiger partial charge on any atom is 0.149 e. The van der Waals surface area contributed by atoms with Gasteiger partial charge in [0, 0.05) is 6.42 Å². The summed E-state index contributed by atoms with van der Waals surface area (Å²) >= 11 is 0. The van der Waals surface area contributed by atoms with Crippen LogP contribution < -0.4 is 0 Å². The number of rotatable bonds is 4. The Hall–Kier alpha value is -1.23. The maximum absolute atomic E-state index is 11.3. The Morgan fingerprint density at radius 2 is 2.12 bits per heavy atom. The smallest absolute Gasteiger partial charge is 0.149 e. The predicted molar refractivity (Wildman–Crippen MR) is 63.0 cm³/mol. The van der Waals surface area contributed by atoms with E-state index in [1.54, 1.807) is 5.06 Å². The van der Waals surface area contributed by atoms with Gasteiger partial charge in [-0.2, -0.15) is 5.06 Å². The van der Waals surface area contributed by atoms with Gasteiger partial charge < -0.3 is 4.74 Å². The molecule has 0 aliphatic carbocycles. The first kappa shape index (κ1) is 12.2. The largest absolute Gasteiger partial charge is 0.359 e. The minimum Gasteiger partial charge on any atom is -0.359 e. The number of ketones is 1. The monoisotopic (exact) mass is 235 g/mol. The van der Waals surface area contributed by atoms with E-state index in [9.17, 15) is 4.79 Å². The van der Waals surface area contributed by atoms with E-state index in [-0.39, 0.29) is 5.78 Å². The Morgan fingerprint density at radius 3 is 2.94 bits per heavy atom. The van der Waals surface area contributed by atoms with Crippen molar-refractivity contribution in [2.24, 2.45) is 0 Å². The second-order valence-electron chi connectivity index (χ2n) is 4.08. The third-order valence-corrected chi connectivity index (χ3v) is 2.57. The summed E-state index contributed by atoms with van der Waals surface area (Å²) in [6.07, 6.45) is 1.41. The molecule has 0 saturated carbocycles. The molecule has 0 amide bonds. The second-order valence-corrected chi connectivity index (χ2v) is 4.08. The standard InChI is InChI=1S/C13H17NO3/c15-13-7-4-8-17-14(9-13)11-16-10-12-5-2-1-3-6-12/h1-3,5-6H,4,7-11H2. The molecule has 4 heteroatoms. The Bertz CT molecular complexity index is 353. The third-order valence-electron chi connectivity index (χ3n) is 2.57. The second kappa shape index (κ2) is 6.49. The van der Waals surface area contributed by atoms with Crippen molar-refractivity contribution in [3.8, 4) is 0 Å². The fourth-order valence-corrected chi connectivity index (χ4v) is 1.71. The van der Waals surface area contributed by atoms with Gasteiger partial charge in [-0.1, -0.05) is 30.3 Å². The lowest BCUT2D eigenvalue weighted by Gasteiger charge is -2.18. The van der Waals surface area contributed by atoms with Gasteiger partial charge in [0.25, 0.3) is 0 Å². The SMILES string of the molecule is O=C1CCCON(COCc2ccccc2)C1. The summed E-state index contributed by atoms with van der Waals surface area (Å²) < 4.78 is 5.51. The summed E-state index contributed by atoms with van der Waals surface area (Å²) in [6, 6.07) is 9.94.